The molecule has 6 atom stereocenters. The van der Waals surface area contributed by atoms with E-state index in [0.29, 0.717) is 63.0 Å². The number of nitrogens with one attached hydrogen (secondary N) is 11. The summed E-state index contributed by atoms with van der Waals surface area (Å²) in [6.07, 6.45) is 0.757. The molecule has 0 spiro atoms. The summed E-state index contributed by atoms with van der Waals surface area (Å²) in [7, 11) is 0. The highest BCUT2D eigenvalue weighted by Gasteiger charge is 2.28. The third kappa shape index (κ3) is 36.6. The van der Waals surface area contributed by atoms with E-state index in [1.807, 2.05) is 56.3 Å². The Morgan fingerprint density at radius 1 is 0.330 bits per heavy atom. The molecule has 10 amide bonds. The highest BCUT2D eigenvalue weighted by atomic mass is 16.4. The van der Waals surface area contributed by atoms with E-state index in [-0.39, 0.29) is 51.6 Å². The van der Waals surface area contributed by atoms with Gasteiger partial charge < -0.3 is 104 Å². The zero-order chi connectivity index (χ0) is 72.4. The number of aryl methyl sites for hydroxylation is 2. The molecule has 20 N–H and O–H groups in total. The second kappa shape index (κ2) is 45.1. The first-order chi connectivity index (χ1) is 45.9. The maximum Gasteiger partial charge on any atom is 0.326 e. The number of urea groups is 5. The average molecular weight is 1360 g/mol. The van der Waals surface area contributed by atoms with Crippen molar-refractivity contribution in [2.75, 3.05) is 30.3 Å². The van der Waals surface area contributed by atoms with E-state index in [1.165, 1.54) is 16.3 Å². The van der Waals surface area contributed by atoms with E-state index in [2.05, 4.69) is 82.8 Å². The Morgan fingerprint density at radius 2 is 0.629 bits per heavy atom. The van der Waals surface area contributed by atoms with Crippen LogP contribution in [-0.4, -0.2) is 186 Å². The number of anilines is 2. The highest BCUT2D eigenvalue weighted by Crippen LogP contribution is 2.19. The van der Waals surface area contributed by atoms with Crippen LogP contribution in [0.1, 0.15) is 113 Å². The van der Waals surface area contributed by atoms with Crippen LogP contribution in [0.5, 0.6) is 0 Å². The molecule has 0 saturated carbocycles. The van der Waals surface area contributed by atoms with Crippen LogP contribution in [0.2, 0.25) is 0 Å². The van der Waals surface area contributed by atoms with Crippen molar-refractivity contribution in [3.63, 3.8) is 0 Å². The number of carbonyl (C=O) groups excluding carboxylic acids is 5. The van der Waals surface area contributed by atoms with Crippen LogP contribution >= 0.6 is 0 Å². The first-order valence-electron chi connectivity index (χ1n) is 30.6. The molecule has 4 rings (SSSR count). The van der Waals surface area contributed by atoms with Gasteiger partial charge in [0.05, 0.1) is 0 Å². The average Bonchev–Trinajstić information content (AvgIpc) is 0.857. The lowest BCUT2D eigenvalue weighted by atomic mass is 10.0. The highest BCUT2D eigenvalue weighted by molar-refractivity contribution is 5.91. The van der Waals surface area contributed by atoms with E-state index < -0.39 is 139 Å². The normalized spacial score (nSPS) is 12.3. The van der Waals surface area contributed by atoms with Crippen molar-refractivity contribution in [3.05, 3.63) is 108 Å². The lowest BCUT2D eigenvalue weighted by molar-refractivity contribution is -0.142. The van der Waals surface area contributed by atoms with Crippen LogP contribution in [0.25, 0.3) is 10.8 Å². The van der Waals surface area contributed by atoms with Crippen LogP contribution in [0.3, 0.4) is 0 Å². The summed E-state index contributed by atoms with van der Waals surface area (Å²) >= 11 is 0. The summed E-state index contributed by atoms with van der Waals surface area (Å²) in [5.41, 5.74) is 4.57. The van der Waals surface area contributed by atoms with Crippen molar-refractivity contribution < 1.29 is 113 Å². The van der Waals surface area contributed by atoms with Gasteiger partial charge in [0.1, 0.15) is 36.3 Å². The number of rotatable bonds is 40. The van der Waals surface area contributed by atoms with Gasteiger partial charge in [-0.05, 0) is 138 Å². The van der Waals surface area contributed by atoms with E-state index in [0.717, 1.165) is 11.1 Å². The number of carboxylic acid groups (broad SMARTS) is 9. The molecule has 0 bridgehead atoms. The quantitative estimate of drug-likeness (QED) is 0.0264. The molecule has 4 aromatic carbocycles. The predicted octanol–water partition coefficient (Wildman–Crippen LogP) is 4.88. The minimum Gasteiger partial charge on any atom is -0.481 e. The lowest BCUT2D eigenvalue weighted by Gasteiger charge is -2.18. The van der Waals surface area contributed by atoms with E-state index in [4.69, 9.17) is 30.6 Å². The second-order valence-corrected chi connectivity index (χ2v) is 21.8. The van der Waals surface area contributed by atoms with Gasteiger partial charge in [-0.15, -0.1) is 0 Å². The fourth-order valence-electron chi connectivity index (χ4n) is 8.67. The van der Waals surface area contributed by atoms with Crippen LogP contribution in [0.15, 0.2) is 91.0 Å². The molecule has 530 valence electrons. The third-order valence-electron chi connectivity index (χ3n) is 13.9. The smallest absolute Gasteiger partial charge is 0.326 e. The van der Waals surface area contributed by atoms with Crippen LogP contribution in [0.4, 0.5) is 35.3 Å². The number of carbonyl (C=O) groups is 14. The van der Waals surface area contributed by atoms with Gasteiger partial charge in [-0.1, -0.05) is 77.9 Å². The maximum atomic E-state index is 12.0. The van der Waals surface area contributed by atoms with Gasteiger partial charge in [0.15, 0.2) is 0 Å². The van der Waals surface area contributed by atoms with Crippen LogP contribution in [-0.2, 0) is 49.7 Å². The molecule has 0 aliphatic rings. The number of fused-ring (bicyclic) bond motifs is 1. The molecule has 0 saturated heterocycles. The van der Waals surface area contributed by atoms with E-state index in [9.17, 15) is 82.4 Å². The van der Waals surface area contributed by atoms with Gasteiger partial charge >= 0.3 is 83.9 Å². The van der Waals surface area contributed by atoms with Crippen molar-refractivity contribution in [1.82, 2.24) is 47.9 Å². The standard InChI is InChI=1S/C23H29N3O7.2C20H28N4O8/c27-20(28)12-11-19(22(31)32)26-23(33)25-18(21(29)30)10-3-4-13-24-14-16-8-5-7-15-6-1-2-9-17(15)16;2*1-12-5-7-13(8-6-12)22-19(31)21-11-3-2-4-14(17(27)28)23-20(32)24-15(18(29)30)9-10-16(25)26/h1-2,5-9,18-19,24H,3-4,10-14H2,(H,27,28)(H,29,30)(H,31,32)(H2,25,26,33);2*5-8,14-15H,2-4,9-11H2,1H3,(H,25,26)(H,27,28)(H,29,30)(H2,21,22,31)(H2,23,24,32)/t18-,19-;2*14-,15-/m000/s1. The zero-order valence-electron chi connectivity index (χ0n) is 53.3. The van der Waals surface area contributed by atoms with Gasteiger partial charge in [-0.25, -0.2) is 52.7 Å². The molecule has 34 nitrogen and oxygen atoms in total. The monoisotopic (exact) mass is 1360 g/mol. The fourth-order valence-corrected chi connectivity index (χ4v) is 8.67. The molecule has 0 aliphatic carbocycles. The Bertz CT molecular complexity index is 3140. The predicted molar refractivity (Wildman–Crippen MR) is 348 cm³/mol. The largest absolute Gasteiger partial charge is 0.481 e. The van der Waals surface area contributed by atoms with Gasteiger partial charge in [0.25, 0.3) is 0 Å². The van der Waals surface area contributed by atoms with E-state index in [1.54, 1.807) is 24.3 Å². The Balaban J connectivity index is 0.000000495. The molecule has 34 heteroatoms. The molecule has 0 aromatic heterocycles. The molecule has 4 aromatic rings. The summed E-state index contributed by atoms with van der Waals surface area (Å²) in [6, 6.07) is 16.8. The Hall–Kier alpha value is -11.3. The summed E-state index contributed by atoms with van der Waals surface area (Å²) in [6.45, 7) is 5.77. The number of unbranched alkanes of at least 4 members (excludes halogenated alkanes) is 3. The summed E-state index contributed by atoms with van der Waals surface area (Å²) < 4.78 is 0. The maximum absolute atomic E-state index is 12.0. The number of benzene rings is 4. The molecule has 0 heterocycles. The SMILES string of the molecule is Cc1ccc(NC(=O)NCCCC[C@H](NC(=O)N[C@@H](CCC(=O)O)C(=O)O)C(=O)O)cc1.Cc1ccc(NC(=O)NCCCC[C@H](NC(=O)N[C@@H](CCC(=O)O)C(=O)O)C(=O)O)cc1.O=C(O)CC[C@H](NC(=O)N[C@@H](CCCCNCc1cccc2ccccc12)C(=O)O)C(=O)O. The summed E-state index contributed by atoms with van der Waals surface area (Å²) in [4.78, 5) is 159. The van der Waals surface area contributed by atoms with Crippen LogP contribution in [0, 0.1) is 13.8 Å². The van der Waals surface area contributed by atoms with Crippen LogP contribution < -0.4 is 58.5 Å². The number of amides is 10. The number of aliphatic carboxylic acids is 9. The minimum absolute atomic E-state index is 0.0525. The second-order valence-electron chi connectivity index (χ2n) is 21.8. The zero-order valence-corrected chi connectivity index (χ0v) is 53.3. The van der Waals surface area contributed by atoms with Gasteiger partial charge in [-0.3, -0.25) is 14.4 Å². The summed E-state index contributed by atoms with van der Waals surface area (Å²) in [5, 5.41) is 110. The molecular formula is C63H85N11O23. The van der Waals surface area contributed by atoms with Crippen molar-refractivity contribution in [1.29, 1.82) is 0 Å². The molecule has 0 aliphatic heterocycles. The Labute approximate surface area is 556 Å². The number of carboxylic acids is 9. The molecule has 0 unspecified atom stereocenters. The first-order valence-corrected chi connectivity index (χ1v) is 30.6. The fraction of sp³-hybridized carbons (Fsp3) is 0.429. The molecule has 0 fully saturated rings. The Kier molecular flexibility index (Phi) is 38.0. The lowest BCUT2D eigenvalue weighted by Crippen LogP contribution is -2.51. The van der Waals surface area contributed by atoms with Crippen molar-refractivity contribution in [2.45, 2.75) is 153 Å². The summed E-state index contributed by atoms with van der Waals surface area (Å²) in [5.74, 6) is -11.7. The minimum atomic E-state index is -1.46. The van der Waals surface area contributed by atoms with Gasteiger partial charge in [-0.2, -0.15) is 0 Å². The third-order valence-corrected chi connectivity index (χ3v) is 13.9. The Morgan fingerprint density at radius 3 is 0.948 bits per heavy atom. The van der Waals surface area contributed by atoms with Crippen molar-refractivity contribution >= 4 is 106 Å². The first kappa shape index (κ1) is 81.8. The molecule has 0 radical (unpaired) electrons. The van der Waals surface area contributed by atoms with Gasteiger partial charge in [0, 0.05) is 50.3 Å². The number of hydrogen-bond donors (Lipinski definition) is 20. The molecule has 97 heavy (non-hydrogen) atoms. The van der Waals surface area contributed by atoms with E-state index >= 15 is 0 Å². The molecular weight excluding hydrogens is 1280 g/mol. The number of hydrogen-bond acceptors (Lipinski definition) is 15. The van der Waals surface area contributed by atoms with Crippen molar-refractivity contribution in [3.8, 4) is 0 Å². The topological polar surface area (TPSA) is 553 Å². The van der Waals surface area contributed by atoms with Gasteiger partial charge in [0.2, 0.25) is 0 Å². The van der Waals surface area contributed by atoms with Crippen molar-refractivity contribution in [2.24, 2.45) is 0 Å².